The maximum Gasteiger partial charge on any atom is 0.421 e. The summed E-state index contributed by atoms with van der Waals surface area (Å²) >= 11 is 6.05. The summed E-state index contributed by atoms with van der Waals surface area (Å²) in [5, 5.41) is 0.505. The average Bonchev–Trinajstić information content (AvgIpc) is 2.74. The fraction of sp³-hybridized carbons (Fsp3) is 0.227. The Labute approximate surface area is 188 Å². The first-order chi connectivity index (χ1) is 15.1. The second kappa shape index (κ2) is 9.97. The minimum atomic E-state index is -4.50. The number of rotatable bonds is 6. The highest BCUT2D eigenvalue weighted by atomic mass is 35.5. The van der Waals surface area contributed by atoms with Crippen molar-refractivity contribution < 1.29 is 22.7 Å². The summed E-state index contributed by atoms with van der Waals surface area (Å²) in [6.07, 6.45) is -3.86. The summed E-state index contributed by atoms with van der Waals surface area (Å²) in [7, 11) is 3.64. The van der Waals surface area contributed by atoms with Gasteiger partial charge in [-0.15, -0.1) is 0 Å². The second-order valence-electron chi connectivity index (χ2n) is 7.05. The monoisotopic (exact) mass is 464 g/mol. The molecular weight excluding hydrogens is 445 g/mol. The van der Waals surface area contributed by atoms with Gasteiger partial charge in [0.25, 0.3) is 0 Å². The van der Waals surface area contributed by atoms with Gasteiger partial charge >= 0.3 is 12.3 Å². The molecule has 0 fully saturated rings. The molecule has 10 heteroatoms. The quantitative estimate of drug-likeness (QED) is 0.471. The number of ether oxygens (including phenoxy) is 1. The lowest BCUT2D eigenvalue weighted by Gasteiger charge is -2.22. The van der Waals surface area contributed by atoms with Crippen LogP contribution >= 0.6 is 11.6 Å². The van der Waals surface area contributed by atoms with Gasteiger partial charge < -0.3 is 9.64 Å². The van der Waals surface area contributed by atoms with Crippen molar-refractivity contribution in [3.63, 3.8) is 0 Å². The van der Waals surface area contributed by atoms with Crippen LogP contribution in [0.1, 0.15) is 5.56 Å². The van der Waals surface area contributed by atoms with Crippen LogP contribution in [0, 0.1) is 0 Å². The number of halogens is 4. The molecule has 168 valence electrons. The third-order valence-electron chi connectivity index (χ3n) is 4.36. The Balaban J connectivity index is 1.99. The Morgan fingerprint density at radius 2 is 1.81 bits per heavy atom. The number of aromatic nitrogens is 2. The van der Waals surface area contributed by atoms with Crippen molar-refractivity contribution >= 4 is 29.3 Å². The van der Waals surface area contributed by atoms with Crippen molar-refractivity contribution in [3.8, 4) is 11.3 Å². The predicted octanol–water partition coefficient (Wildman–Crippen LogP) is 5.65. The molecule has 1 amide bonds. The zero-order valence-corrected chi connectivity index (χ0v) is 18.1. The molecule has 0 radical (unpaired) electrons. The third kappa shape index (κ3) is 5.95. The number of hydrogen-bond acceptors (Lipinski definition) is 5. The molecule has 0 saturated heterocycles. The number of alkyl halides is 3. The first-order valence-electron chi connectivity index (χ1n) is 9.53. The van der Waals surface area contributed by atoms with Gasteiger partial charge in [0.05, 0.1) is 16.9 Å². The molecule has 0 unspecified atom stereocenters. The van der Waals surface area contributed by atoms with Crippen LogP contribution in [-0.4, -0.2) is 48.2 Å². The maximum absolute atomic E-state index is 13.0. The summed E-state index contributed by atoms with van der Waals surface area (Å²) < 4.78 is 44.2. The van der Waals surface area contributed by atoms with E-state index in [1.165, 1.54) is 18.3 Å². The molecule has 1 heterocycles. The van der Waals surface area contributed by atoms with E-state index in [0.29, 0.717) is 22.8 Å². The second-order valence-corrected chi connectivity index (χ2v) is 7.49. The van der Waals surface area contributed by atoms with Gasteiger partial charge in [0.15, 0.2) is 0 Å². The predicted molar refractivity (Wildman–Crippen MR) is 116 cm³/mol. The number of amides is 1. The molecule has 0 spiro atoms. The van der Waals surface area contributed by atoms with E-state index in [2.05, 4.69) is 9.97 Å². The minimum Gasteiger partial charge on any atom is -0.447 e. The Morgan fingerprint density at radius 3 is 2.44 bits per heavy atom. The van der Waals surface area contributed by atoms with Crippen molar-refractivity contribution in [1.82, 2.24) is 14.9 Å². The summed E-state index contributed by atoms with van der Waals surface area (Å²) in [4.78, 5) is 24.3. The zero-order valence-electron chi connectivity index (χ0n) is 17.3. The van der Waals surface area contributed by atoms with E-state index in [4.69, 9.17) is 16.3 Å². The van der Waals surface area contributed by atoms with E-state index < -0.39 is 17.8 Å². The van der Waals surface area contributed by atoms with Crippen molar-refractivity contribution in [2.75, 3.05) is 32.1 Å². The fourth-order valence-corrected chi connectivity index (χ4v) is 2.94. The molecule has 0 aliphatic heterocycles. The topological polar surface area (TPSA) is 58.6 Å². The molecule has 6 nitrogen and oxygen atoms in total. The molecule has 0 atom stereocenters. The van der Waals surface area contributed by atoms with Crippen molar-refractivity contribution in [3.05, 3.63) is 71.4 Å². The highest BCUT2D eigenvalue weighted by Gasteiger charge is 2.31. The van der Waals surface area contributed by atoms with Crippen LogP contribution < -0.4 is 4.90 Å². The lowest BCUT2D eigenvalue weighted by Crippen LogP contribution is -2.31. The largest absolute Gasteiger partial charge is 0.447 e. The molecule has 0 N–H and O–H groups in total. The van der Waals surface area contributed by atoms with E-state index in [1.807, 2.05) is 19.0 Å². The van der Waals surface area contributed by atoms with Crippen LogP contribution in [-0.2, 0) is 10.9 Å². The van der Waals surface area contributed by atoms with Crippen LogP contribution in [0.4, 0.5) is 29.6 Å². The van der Waals surface area contributed by atoms with E-state index in [-0.39, 0.29) is 18.2 Å². The molecule has 3 rings (SSSR count). The van der Waals surface area contributed by atoms with E-state index >= 15 is 0 Å². The normalized spacial score (nSPS) is 11.5. The van der Waals surface area contributed by atoms with Gasteiger partial charge in [-0.3, -0.25) is 0 Å². The number of hydrogen-bond donors (Lipinski definition) is 0. The first-order valence-corrected chi connectivity index (χ1v) is 9.91. The number of benzene rings is 2. The highest BCUT2D eigenvalue weighted by molar-refractivity contribution is 6.30. The zero-order chi connectivity index (χ0) is 23.3. The molecule has 3 aromatic rings. The van der Waals surface area contributed by atoms with Crippen LogP contribution in [0.2, 0.25) is 5.02 Å². The van der Waals surface area contributed by atoms with E-state index in [1.54, 1.807) is 30.3 Å². The first kappa shape index (κ1) is 23.5. The van der Waals surface area contributed by atoms with Crippen molar-refractivity contribution in [2.45, 2.75) is 6.18 Å². The van der Waals surface area contributed by atoms with Crippen LogP contribution in [0.3, 0.4) is 0 Å². The van der Waals surface area contributed by atoms with Gasteiger partial charge in [0, 0.05) is 23.3 Å². The Hall–Kier alpha value is -3.17. The lowest BCUT2D eigenvalue weighted by molar-refractivity contribution is -0.137. The Morgan fingerprint density at radius 1 is 1.09 bits per heavy atom. The lowest BCUT2D eigenvalue weighted by atomic mass is 10.1. The van der Waals surface area contributed by atoms with Gasteiger partial charge in [-0.05, 0) is 56.6 Å². The van der Waals surface area contributed by atoms with E-state index in [0.717, 1.165) is 17.0 Å². The number of nitrogens with zero attached hydrogens (tertiary/aromatic N) is 4. The summed E-state index contributed by atoms with van der Waals surface area (Å²) in [5.41, 5.74) is 0.469. The van der Waals surface area contributed by atoms with Gasteiger partial charge in [-0.1, -0.05) is 23.7 Å². The number of carbonyl (C=O) groups excluding carboxylic acids is 1. The maximum atomic E-state index is 13.0. The smallest absolute Gasteiger partial charge is 0.421 e. The van der Waals surface area contributed by atoms with Gasteiger partial charge in [0.2, 0.25) is 5.95 Å². The van der Waals surface area contributed by atoms with Gasteiger partial charge in [-0.25, -0.2) is 19.7 Å². The van der Waals surface area contributed by atoms with E-state index in [9.17, 15) is 18.0 Å². The van der Waals surface area contributed by atoms with Crippen molar-refractivity contribution in [2.24, 2.45) is 0 Å². The summed E-state index contributed by atoms with van der Waals surface area (Å²) in [6, 6.07) is 12.7. The molecule has 2 aromatic carbocycles. The number of likely N-dealkylation sites (N-methyl/N-ethyl adjacent to an activating group) is 1. The number of anilines is 2. The molecule has 32 heavy (non-hydrogen) atoms. The molecule has 0 saturated carbocycles. The van der Waals surface area contributed by atoms with Crippen LogP contribution in [0.25, 0.3) is 11.3 Å². The average molecular weight is 465 g/mol. The summed E-state index contributed by atoms with van der Waals surface area (Å²) in [6.45, 7) is 0.549. The SMILES string of the molecule is CN(C)CCOC(=O)N(c1ccc(C(F)(F)F)cc1)c1nccc(-c2cccc(Cl)c2)n1. The van der Waals surface area contributed by atoms with Crippen LogP contribution in [0.5, 0.6) is 0 Å². The minimum absolute atomic E-state index is 0.0444. The van der Waals surface area contributed by atoms with Gasteiger partial charge in [0.1, 0.15) is 6.61 Å². The molecular formula is C22H20ClF3N4O2. The third-order valence-corrected chi connectivity index (χ3v) is 4.60. The highest BCUT2D eigenvalue weighted by Crippen LogP contribution is 2.32. The van der Waals surface area contributed by atoms with Crippen LogP contribution in [0.15, 0.2) is 60.8 Å². The Kier molecular flexibility index (Phi) is 7.32. The molecule has 0 aliphatic carbocycles. The summed E-state index contributed by atoms with van der Waals surface area (Å²) in [5.74, 6) is -0.0444. The fourth-order valence-electron chi connectivity index (χ4n) is 2.75. The molecule has 0 aliphatic rings. The van der Waals surface area contributed by atoms with Gasteiger partial charge in [-0.2, -0.15) is 13.2 Å². The molecule has 1 aromatic heterocycles. The number of carbonyl (C=O) groups is 1. The standard InChI is InChI=1S/C22H20ClF3N4O2/c1-29(2)12-13-32-21(31)30(18-8-6-16(7-9-18)22(24,25)26)20-27-11-10-19(28-20)15-4-3-5-17(23)14-15/h3-11,14H,12-13H2,1-2H3. The Bertz CT molecular complexity index is 1080. The van der Waals surface area contributed by atoms with Crippen molar-refractivity contribution in [1.29, 1.82) is 0 Å². The molecule has 0 bridgehead atoms.